The van der Waals surface area contributed by atoms with E-state index in [4.69, 9.17) is 4.74 Å². The number of carbonyl (C=O) groups is 1. The van der Waals surface area contributed by atoms with Gasteiger partial charge in [0, 0.05) is 19.3 Å². The molecule has 5 nitrogen and oxygen atoms in total. The van der Waals surface area contributed by atoms with Crippen molar-refractivity contribution in [1.82, 2.24) is 15.2 Å². The Morgan fingerprint density at radius 3 is 2.92 bits per heavy atom. The summed E-state index contributed by atoms with van der Waals surface area (Å²) in [5.41, 5.74) is 1.50. The van der Waals surface area contributed by atoms with Crippen molar-refractivity contribution in [2.75, 3.05) is 19.7 Å². The molecule has 1 aliphatic rings. The number of nitrogens with zero attached hydrogens (tertiary/aromatic N) is 2. The lowest BCUT2D eigenvalue weighted by molar-refractivity contribution is -0.0176. The van der Waals surface area contributed by atoms with Gasteiger partial charge < -0.3 is 15.0 Å². The summed E-state index contributed by atoms with van der Waals surface area (Å²) in [5, 5.41) is 2.73. The van der Waals surface area contributed by atoms with Crippen LogP contribution in [0, 0.1) is 5.82 Å². The normalized spacial score (nSPS) is 17.3. The summed E-state index contributed by atoms with van der Waals surface area (Å²) in [6.07, 6.45) is 3.31. The van der Waals surface area contributed by atoms with Crippen LogP contribution in [0.25, 0.3) is 0 Å². The summed E-state index contributed by atoms with van der Waals surface area (Å²) in [6, 6.07) is 12.9. The van der Waals surface area contributed by atoms with Crippen molar-refractivity contribution < 1.29 is 13.9 Å². The highest BCUT2D eigenvalue weighted by atomic mass is 19.1. The third-order valence-corrected chi connectivity index (χ3v) is 4.27. The van der Waals surface area contributed by atoms with E-state index in [0.717, 1.165) is 12.8 Å². The number of amides is 2. The lowest BCUT2D eigenvalue weighted by Crippen LogP contribution is -2.49. The molecule has 132 valence electrons. The molecule has 2 amide bonds. The van der Waals surface area contributed by atoms with Crippen molar-refractivity contribution in [3.05, 3.63) is 65.7 Å². The standard InChI is InChI=1S/C19H22FN3O2/c20-17-7-4-10-21-18(17)13-22-19(24)23-11-12-25-16(14-23)9-8-15-5-2-1-3-6-15/h1-7,10,16H,8-9,11-14H2,(H,22,24)/t16-/m0/s1. The Morgan fingerprint density at radius 2 is 2.12 bits per heavy atom. The number of aryl methyl sites for hydroxylation is 1. The molecule has 2 heterocycles. The Morgan fingerprint density at radius 1 is 1.28 bits per heavy atom. The van der Waals surface area contributed by atoms with Crippen molar-refractivity contribution in [1.29, 1.82) is 0 Å². The Balaban J connectivity index is 1.47. The molecule has 0 spiro atoms. The van der Waals surface area contributed by atoms with Gasteiger partial charge in [0.15, 0.2) is 0 Å². The minimum atomic E-state index is -0.412. The predicted molar refractivity (Wildman–Crippen MR) is 92.5 cm³/mol. The van der Waals surface area contributed by atoms with Crippen LogP contribution in [0.2, 0.25) is 0 Å². The fourth-order valence-corrected chi connectivity index (χ4v) is 2.87. The number of hydrogen-bond donors (Lipinski definition) is 1. The van der Waals surface area contributed by atoms with E-state index in [9.17, 15) is 9.18 Å². The van der Waals surface area contributed by atoms with Crippen LogP contribution in [-0.4, -0.2) is 41.7 Å². The van der Waals surface area contributed by atoms with Crippen molar-refractivity contribution in [2.24, 2.45) is 0 Å². The van der Waals surface area contributed by atoms with Crippen LogP contribution in [0.1, 0.15) is 17.7 Å². The molecule has 0 saturated carbocycles. The third kappa shape index (κ3) is 5.00. The summed E-state index contributed by atoms with van der Waals surface area (Å²) < 4.78 is 19.3. The van der Waals surface area contributed by atoms with Crippen LogP contribution in [0.4, 0.5) is 9.18 Å². The number of carbonyl (C=O) groups excluding carboxylic acids is 1. The summed E-state index contributed by atoms with van der Waals surface area (Å²) in [6.45, 7) is 1.68. The molecule has 6 heteroatoms. The third-order valence-electron chi connectivity index (χ3n) is 4.27. The van der Waals surface area contributed by atoms with Crippen molar-refractivity contribution in [2.45, 2.75) is 25.5 Å². The van der Waals surface area contributed by atoms with Gasteiger partial charge in [-0.15, -0.1) is 0 Å². The minimum Gasteiger partial charge on any atom is -0.375 e. The van der Waals surface area contributed by atoms with Gasteiger partial charge in [-0.2, -0.15) is 0 Å². The molecule has 2 aromatic rings. The van der Waals surface area contributed by atoms with Crippen molar-refractivity contribution in [3.63, 3.8) is 0 Å². The number of halogens is 1. The summed E-state index contributed by atoms with van der Waals surface area (Å²) in [4.78, 5) is 18.0. The highest BCUT2D eigenvalue weighted by Gasteiger charge is 2.24. The maximum absolute atomic E-state index is 13.6. The largest absolute Gasteiger partial charge is 0.375 e. The number of nitrogens with one attached hydrogen (secondary N) is 1. The highest BCUT2D eigenvalue weighted by molar-refractivity contribution is 5.74. The van der Waals surface area contributed by atoms with E-state index in [1.54, 1.807) is 4.90 Å². The first-order valence-corrected chi connectivity index (χ1v) is 8.50. The number of benzene rings is 1. The first-order valence-electron chi connectivity index (χ1n) is 8.50. The van der Waals surface area contributed by atoms with Crippen LogP contribution in [0.3, 0.4) is 0 Å². The van der Waals surface area contributed by atoms with Gasteiger partial charge in [0.05, 0.1) is 24.9 Å². The van der Waals surface area contributed by atoms with E-state index >= 15 is 0 Å². The molecule has 1 N–H and O–H groups in total. The monoisotopic (exact) mass is 343 g/mol. The van der Waals surface area contributed by atoms with E-state index in [1.807, 2.05) is 18.2 Å². The number of ether oxygens (including phenoxy) is 1. The second kappa shape index (κ2) is 8.58. The molecule has 1 aromatic carbocycles. The van der Waals surface area contributed by atoms with Gasteiger partial charge in [0.25, 0.3) is 0 Å². The van der Waals surface area contributed by atoms with E-state index in [0.29, 0.717) is 19.7 Å². The highest BCUT2D eigenvalue weighted by Crippen LogP contribution is 2.13. The van der Waals surface area contributed by atoms with E-state index in [2.05, 4.69) is 22.4 Å². The van der Waals surface area contributed by atoms with E-state index in [1.165, 1.54) is 23.9 Å². The van der Waals surface area contributed by atoms with Crippen LogP contribution < -0.4 is 5.32 Å². The second-order valence-corrected chi connectivity index (χ2v) is 6.05. The molecule has 1 aromatic heterocycles. The topological polar surface area (TPSA) is 54.5 Å². The molecule has 1 atom stereocenters. The first kappa shape index (κ1) is 17.4. The number of hydrogen-bond acceptors (Lipinski definition) is 3. The van der Waals surface area contributed by atoms with Gasteiger partial charge in [0.1, 0.15) is 5.82 Å². The van der Waals surface area contributed by atoms with Gasteiger partial charge in [-0.3, -0.25) is 4.98 Å². The minimum absolute atomic E-state index is 0.0197. The van der Waals surface area contributed by atoms with Crippen molar-refractivity contribution in [3.8, 4) is 0 Å². The number of rotatable bonds is 5. The molecule has 25 heavy (non-hydrogen) atoms. The van der Waals surface area contributed by atoms with Crippen LogP contribution in [-0.2, 0) is 17.7 Å². The summed E-state index contributed by atoms with van der Waals surface area (Å²) in [5.74, 6) is -0.412. The Hall–Kier alpha value is -2.47. The Kier molecular flexibility index (Phi) is 5.95. The Labute approximate surface area is 146 Å². The lowest BCUT2D eigenvalue weighted by atomic mass is 10.1. The molecule has 1 aliphatic heterocycles. The second-order valence-electron chi connectivity index (χ2n) is 6.05. The lowest BCUT2D eigenvalue weighted by Gasteiger charge is -2.33. The van der Waals surface area contributed by atoms with Gasteiger partial charge in [-0.25, -0.2) is 9.18 Å². The van der Waals surface area contributed by atoms with Gasteiger partial charge in [-0.1, -0.05) is 30.3 Å². The number of morpholine rings is 1. The molecule has 0 bridgehead atoms. The van der Waals surface area contributed by atoms with Gasteiger partial charge in [0.2, 0.25) is 0 Å². The molecule has 3 rings (SSSR count). The maximum atomic E-state index is 13.6. The van der Waals surface area contributed by atoms with Crippen molar-refractivity contribution >= 4 is 6.03 Å². The fourth-order valence-electron chi connectivity index (χ4n) is 2.87. The zero-order chi connectivity index (χ0) is 17.5. The summed E-state index contributed by atoms with van der Waals surface area (Å²) in [7, 11) is 0. The average molecular weight is 343 g/mol. The number of aromatic nitrogens is 1. The summed E-state index contributed by atoms with van der Waals surface area (Å²) >= 11 is 0. The number of urea groups is 1. The molecular weight excluding hydrogens is 321 g/mol. The fraction of sp³-hybridized carbons (Fsp3) is 0.368. The Bertz CT molecular complexity index is 696. The molecule has 1 fully saturated rings. The smallest absolute Gasteiger partial charge is 0.317 e. The first-order chi connectivity index (χ1) is 12.2. The van der Waals surface area contributed by atoms with E-state index < -0.39 is 5.82 Å². The maximum Gasteiger partial charge on any atom is 0.317 e. The van der Waals surface area contributed by atoms with Gasteiger partial charge in [-0.05, 0) is 30.5 Å². The molecule has 0 aliphatic carbocycles. The zero-order valence-electron chi connectivity index (χ0n) is 14.0. The van der Waals surface area contributed by atoms with E-state index in [-0.39, 0.29) is 24.4 Å². The average Bonchev–Trinajstić information content (AvgIpc) is 2.66. The number of pyridine rings is 1. The zero-order valence-corrected chi connectivity index (χ0v) is 14.0. The predicted octanol–water partition coefficient (Wildman–Crippen LogP) is 2.76. The SMILES string of the molecule is O=C(NCc1ncccc1F)N1CCO[C@@H](CCc2ccccc2)C1. The molecular formula is C19H22FN3O2. The van der Waals surface area contributed by atoms with Crippen LogP contribution >= 0.6 is 0 Å². The quantitative estimate of drug-likeness (QED) is 0.908. The van der Waals surface area contributed by atoms with Gasteiger partial charge >= 0.3 is 6.03 Å². The van der Waals surface area contributed by atoms with Crippen LogP contribution in [0.5, 0.6) is 0 Å². The molecule has 0 unspecified atom stereocenters. The molecule has 0 radical (unpaired) electrons. The molecule has 1 saturated heterocycles. The van der Waals surface area contributed by atoms with Crippen LogP contribution in [0.15, 0.2) is 48.7 Å².